The number of aromatic nitrogens is 1. The van der Waals surface area contributed by atoms with Gasteiger partial charge < -0.3 is 5.11 Å². The molecule has 2 aliphatic rings. The number of hydrogen-bond acceptors (Lipinski definition) is 4. The minimum Gasteiger partial charge on any atom is -0.395 e. The standard InChI is InChI=1S/C26H33N3O/c1-2-3-4-7-21-8-10-23(11-9-21)26-24-19-28(18-22-12-14-27-15-13-22)16-5-6-17-29(24)25(26)20-30/h8-15,24-26,30H,2-3,5-6,16-20H2,1H3/t24-,25+,26-/m0/s1. The first-order valence-corrected chi connectivity index (χ1v) is 11.4. The molecule has 0 spiro atoms. The number of rotatable bonds is 5. The molecular weight excluding hydrogens is 370 g/mol. The van der Waals surface area contributed by atoms with Gasteiger partial charge in [-0.25, -0.2) is 0 Å². The van der Waals surface area contributed by atoms with E-state index < -0.39 is 0 Å². The third-order valence-corrected chi connectivity index (χ3v) is 6.51. The molecular formula is C26H33N3O. The topological polar surface area (TPSA) is 39.6 Å². The van der Waals surface area contributed by atoms with Gasteiger partial charge in [-0.3, -0.25) is 14.8 Å². The molecule has 4 heteroatoms. The Morgan fingerprint density at radius 1 is 1.07 bits per heavy atom. The highest BCUT2D eigenvalue weighted by molar-refractivity contribution is 5.39. The van der Waals surface area contributed by atoms with Crippen LogP contribution in [0.15, 0.2) is 48.8 Å². The van der Waals surface area contributed by atoms with Crippen molar-refractivity contribution in [1.82, 2.24) is 14.8 Å². The smallest absolute Gasteiger partial charge is 0.0593 e. The van der Waals surface area contributed by atoms with E-state index in [4.69, 9.17) is 0 Å². The van der Waals surface area contributed by atoms with Gasteiger partial charge in [0.25, 0.3) is 0 Å². The number of fused-ring (bicyclic) bond motifs is 1. The Bertz CT molecular complexity index is 855. The van der Waals surface area contributed by atoms with Gasteiger partial charge >= 0.3 is 0 Å². The lowest BCUT2D eigenvalue weighted by molar-refractivity contribution is -0.0655. The van der Waals surface area contributed by atoms with E-state index in [0.29, 0.717) is 12.0 Å². The van der Waals surface area contributed by atoms with Gasteiger partial charge in [-0.2, -0.15) is 0 Å². The van der Waals surface area contributed by atoms with Crippen LogP contribution in [0.4, 0.5) is 0 Å². The molecule has 0 unspecified atom stereocenters. The highest BCUT2D eigenvalue weighted by atomic mass is 16.3. The average Bonchev–Trinajstić information content (AvgIpc) is 2.76. The van der Waals surface area contributed by atoms with Crippen LogP contribution in [0.1, 0.15) is 55.2 Å². The van der Waals surface area contributed by atoms with E-state index in [2.05, 4.69) is 69.9 Å². The van der Waals surface area contributed by atoms with Gasteiger partial charge in [0, 0.05) is 55.5 Å². The van der Waals surface area contributed by atoms with Crippen molar-refractivity contribution in [3.8, 4) is 11.8 Å². The molecule has 0 aliphatic carbocycles. The fourth-order valence-corrected chi connectivity index (χ4v) is 4.98. The predicted octanol–water partition coefficient (Wildman–Crippen LogP) is 3.66. The molecule has 1 aromatic heterocycles. The normalized spacial score (nSPS) is 24.7. The highest BCUT2D eigenvalue weighted by Crippen LogP contribution is 2.42. The number of nitrogens with zero attached hydrogens (tertiary/aromatic N) is 3. The lowest BCUT2D eigenvalue weighted by Crippen LogP contribution is -2.67. The summed E-state index contributed by atoms with van der Waals surface area (Å²) in [4.78, 5) is 9.27. The first-order valence-electron chi connectivity index (χ1n) is 11.4. The molecule has 4 rings (SSSR count). The summed E-state index contributed by atoms with van der Waals surface area (Å²) in [6.07, 6.45) is 8.20. The van der Waals surface area contributed by atoms with E-state index in [1.54, 1.807) is 0 Å². The third kappa shape index (κ3) is 4.75. The molecule has 4 nitrogen and oxygen atoms in total. The van der Waals surface area contributed by atoms with E-state index in [1.807, 2.05) is 12.4 Å². The van der Waals surface area contributed by atoms with Crippen molar-refractivity contribution >= 4 is 0 Å². The van der Waals surface area contributed by atoms with Crippen molar-refractivity contribution < 1.29 is 5.11 Å². The Morgan fingerprint density at radius 2 is 1.83 bits per heavy atom. The summed E-state index contributed by atoms with van der Waals surface area (Å²) in [5.74, 6) is 6.87. The number of unbranched alkanes of at least 4 members (excludes halogenated alkanes) is 1. The average molecular weight is 404 g/mol. The molecule has 0 saturated carbocycles. The summed E-state index contributed by atoms with van der Waals surface area (Å²) in [7, 11) is 0. The van der Waals surface area contributed by atoms with Crippen LogP contribution in [0.3, 0.4) is 0 Å². The monoisotopic (exact) mass is 403 g/mol. The summed E-state index contributed by atoms with van der Waals surface area (Å²) in [6, 6.07) is 13.7. The maximum absolute atomic E-state index is 10.1. The SMILES string of the molecule is CCCC#Cc1ccc([C@@H]2[C@@H](CO)N3CCCCN(Cc4ccncc4)C[C@@H]23)cc1. The predicted molar refractivity (Wildman–Crippen MR) is 121 cm³/mol. The Kier molecular flexibility index (Phi) is 7.17. The Hall–Kier alpha value is -2.19. The number of pyridine rings is 1. The Balaban J connectivity index is 1.50. The summed E-state index contributed by atoms with van der Waals surface area (Å²) in [5.41, 5.74) is 3.74. The minimum atomic E-state index is 0.226. The van der Waals surface area contributed by atoms with Crippen molar-refractivity contribution in [2.75, 3.05) is 26.2 Å². The van der Waals surface area contributed by atoms with Crippen LogP contribution >= 0.6 is 0 Å². The zero-order valence-corrected chi connectivity index (χ0v) is 18.0. The lowest BCUT2D eigenvalue weighted by Gasteiger charge is -2.57. The summed E-state index contributed by atoms with van der Waals surface area (Å²) in [6.45, 7) is 6.62. The van der Waals surface area contributed by atoms with Crippen molar-refractivity contribution in [3.63, 3.8) is 0 Å². The van der Waals surface area contributed by atoms with E-state index >= 15 is 0 Å². The molecule has 3 heterocycles. The second-order valence-corrected chi connectivity index (χ2v) is 8.55. The van der Waals surface area contributed by atoms with E-state index in [-0.39, 0.29) is 12.6 Å². The molecule has 1 aromatic carbocycles. The van der Waals surface area contributed by atoms with E-state index in [9.17, 15) is 5.11 Å². The molecule has 0 bridgehead atoms. The van der Waals surface area contributed by atoms with Gasteiger partial charge in [0.15, 0.2) is 0 Å². The van der Waals surface area contributed by atoms with Crippen LogP contribution in [0, 0.1) is 11.8 Å². The molecule has 2 aromatic rings. The van der Waals surface area contributed by atoms with Gasteiger partial charge in [-0.05, 0) is 67.7 Å². The van der Waals surface area contributed by atoms with Gasteiger partial charge in [0.2, 0.25) is 0 Å². The number of aliphatic hydroxyl groups excluding tert-OH is 1. The van der Waals surface area contributed by atoms with Crippen LogP contribution in [-0.2, 0) is 6.54 Å². The zero-order chi connectivity index (χ0) is 20.8. The first-order chi connectivity index (χ1) is 14.8. The van der Waals surface area contributed by atoms with Gasteiger partial charge in [-0.15, -0.1) is 0 Å². The van der Waals surface area contributed by atoms with Gasteiger partial charge in [0.05, 0.1) is 6.61 Å². The molecule has 2 fully saturated rings. The molecule has 0 amide bonds. The van der Waals surface area contributed by atoms with Crippen LogP contribution < -0.4 is 0 Å². The largest absolute Gasteiger partial charge is 0.395 e. The molecule has 0 radical (unpaired) electrons. The fraction of sp³-hybridized carbons (Fsp3) is 0.500. The highest BCUT2D eigenvalue weighted by Gasteiger charge is 2.48. The maximum atomic E-state index is 10.1. The summed E-state index contributed by atoms with van der Waals surface area (Å²) >= 11 is 0. The van der Waals surface area contributed by atoms with Crippen molar-refractivity contribution in [3.05, 3.63) is 65.5 Å². The van der Waals surface area contributed by atoms with Crippen LogP contribution in [0.5, 0.6) is 0 Å². The lowest BCUT2D eigenvalue weighted by atomic mass is 9.74. The molecule has 1 N–H and O–H groups in total. The second-order valence-electron chi connectivity index (χ2n) is 8.55. The zero-order valence-electron chi connectivity index (χ0n) is 18.0. The number of hydrogen-bond donors (Lipinski definition) is 1. The van der Waals surface area contributed by atoms with Gasteiger partial charge in [0.1, 0.15) is 0 Å². The minimum absolute atomic E-state index is 0.226. The Labute approximate surface area is 180 Å². The quantitative estimate of drug-likeness (QED) is 0.774. The van der Waals surface area contributed by atoms with Crippen molar-refractivity contribution in [2.24, 2.45) is 0 Å². The summed E-state index contributed by atoms with van der Waals surface area (Å²) < 4.78 is 0. The maximum Gasteiger partial charge on any atom is 0.0593 e. The van der Waals surface area contributed by atoms with E-state index in [0.717, 1.165) is 44.6 Å². The molecule has 30 heavy (non-hydrogen) atoms. The molecule has 3 atom stereocenters. The number of benzene rings is 1. The van der Waals surface area contributed by atoms with E-state index in [1.165, 1.54) is 24.0 Å². The molecule has 2 aliphatic heterocycles. The van der Waals surface area contributed by atoms with Crippen LogP contribution in [-0.4, -0.2) is 58.2 Å². The second kappa shape index (κ2) is 10.2. The molecule has 2 saturated heterocycles. The molecule has 158 valence electrons. The Morgan fingerprint density at radius 3 is 2.57 bits per heavy atom. The van der Waals surface area contributed by atoms with Gasteiger partial charge in [-0.1, -0.05) is 30.9 Å². The van der Waals surface area contributed by atoms with Crippen LogP contribution in [0.2, 0.25) is 0 Å². The van der Waals surface area contributed by atoms with Crippen molar-refractivity contribution in [1.29, 1.82) is 0 Å². The summed E-state index contributed by atoms with van der Waals surface area (Å²) in [5, 5.41) is 10.1. The van der Waals surface area contributed by atoms with Crippen molar-refractivity contribution in [2.45, 2.75) is 57.2 Å². The number of aliphatic hydroxyl groups is 1. The van der Waals surface area contributed by atoms with Crippen LogP contribution in [0.25, 0.3) is 0 Å². The fourth-order valence-electron chi connectivity index (χ4n) is 4.98. The first kappa shape index (κ1) is 21.1. The third-order valence-electron chi connectivity index (χ3n) is 6.51.